The van der Waals surface area contributed by atoms with Gasteiger partial charge in [0.15, 0.2) is 5.82 Å². The van der Waals surface area contributed by atoms with Crippen LogP contribution in [-0.4, -0.2) is 95.6 Å². The highest BCUT2D eigenvalue weighted by Gasteiger charge is 2.52. The monoisotopic (exact) mass is 865 g/mol. The minimum absolute atomic E-state index is 0.0495. The van der Waals surface area contributed by atoms with Gasteiger partial charge in [0.1, 0.15) is 43.6 Å². The van der Waals surface area contributed by atoms with E-state index in [2.05, 4.69) is 62.8 Å². The highest BCUT2D eigenvalue weighted by atomic mass is 28.3. The molecule has 5 atom stereocenters. The first kappa shape index (κ1) is 42.9. The Hall–Kier alpha value is -4.34. The molecule has 3 aromatic carbocycles. The number of anilines is 1. The molecule has 4 fully saturated rings. The van der Waals surface area contributed by atoms with Gasteiger partial charge in [0.25, 0.3) is 0 Å². The van der Waals surface area contributed by atoms with Gasteiger partial charge < -0.3 is 14.4 Å². The molecule has 12 heteroatoms. The third kappa shape index (κ3) is 7.04. The third-order valence-electron chi connectivity index (χ3n) is 15.1. The number of amides is 1. The summed E-state index contributed by atoms with van der Waals surface area (Å²) in [6.07, 6.45) is 3.83. The Kier molecular flexibility index (Phi) is 10.9. The summed E-state index contributed by atoms with van der Waals surface area (Å²) in [7, 11) is -2.26. The van der Waals surface area contributed by atoms with Gasteiger partial charge in [0.2, 0.25) is 0 Å². The van der Waals surface area contributed by atoms with Gasteiger partial charge in [-0.25, -0.2) is 18.0 Å². The van der Waals surface area contributed by atoms with Crippen LogP contribution in [0.3, 0.4) is 0 Å². The van der Waals surface area contributed by atoms with Crippen molar-refractivity contribution < 1.29 is 27.4 Å². The molecule has 1 aromatic heterocycles. The predicted octanol–water partition coefficient (Wildman–Crippen LogP) is 11.2. The summed E-state index contributed by atoms with van der Waals surface area (Å²) in [5, 5.41) is 1.98. The molecule has 9 rings (SSSR count). The van der Waals surface area contributed by atoms with Gasteiger partial charge in [-0.3, -0.25) is 9.80 Å². The number of nitrogens with zero attached hydrogens (tertiary/aromatic N) is 5. The molecule has 4 aromatic rings. The molecule has 5 aliphatic heterocycles. The minimum Gasteiger partial charge on any atom is -0.461 e. The maximum absolute atomic E-state index is 17.9. The van der Waals surface area contributed by atoms with Crippen LogP contribution in [0.25, 0.3) is 32.8 Å². The van der Waals surface area contributed by atoms with Crippen LogP contribution in [0, 0.1) is 23.1 Å². The molecule has 330 valence electrons. The molecule has 0 unspecified atom stereocenters. The summed E-state index contributed by atoms with van der Waals surface area (Å²) in [6.45, 7) is 21.0. The largest absolute Gasteiger partial charge is 0.461 e. The number of hydrogen-bond acceptors (Lipinski definition) is 7. The molecule has 4 saturated heterocycles. The smallest absolute Gasteiger partial charge is 0.410 e. The Balaban J connectivity index is 1.21. The quantitative estimate of drug-likeness (QED) is 0.135. The Labute approximate surface area is 365 Å². The van der Waals surface area contributed by atoms with E-state index in [0.717, 1.165) is 43.2 Å². The Morgan fingerprint density at radius 2 is 1.71 bits per heavy atom. The first-order valence-electron chi connectivity index (χ1n) is 23.0. The molecule has 5 aliphatic rings. The van der Waals surface area contributed by atoms with E-state index < -0.39 is 37.0 Å². The van der Waals surface area contributed by atoms with Crippen LogP contribution >= 0.6 is 0 Å². The normalized spacial score (nSPS) is 24.8. The van der Waals surface area contributed by atoms with Crippen molar-refractivity contribution >= 4 is 41.7 Å². The van der Waals surface area contributed by atoms with Crippen LogP contribution in [0.4, 0.5) is 23.8 Å². The number of aryl methyl sites for hydroxylation is 1. The molecular formula is C50H62F3N5O3Si. The first-order valence-corrected chi connectivity index (χ1v) is 25.2. The maximum Gasteiger partial charge on any atom is 0.410 e. The van der Waals surface area contributed by atoms with Crippen LogP contribution < -0.4 is 9.64 Å². The summed E-state index contributed by atoms with van der Waals surface area (Å²) in [6, 6.07) is 10.5. The summed E-state index contributed by atoms with van der Waals surface area (Å²) in [5.41, 5.74) is 5.86. The van der Waals surface area contributed by atoms with Gasteiger partial charge in [-0.2, -0.15) is 9.97 Å². The van der Waals surface area contributed by atoms with Gasteiger partial charge in [-0.15, -0.1) is 5.54 Å². The topological polar surface area (TPSA) is 71.0 Å². The molecule has 2 bridgehead atoms. The van der Waals surface area contributed by atoms with Gasteiger partial charge >= 0.3 is 12.1 Å². The molecular weight excluding hydrogens is 804 g/mol. The van der Waals surface area contributed by atoms with Crippen LogP contribution in [-0.2, 0) is 11.2 Å². The van der Waals surface area contributed by atoms with Crippen LogP contribution in [0.2, 0.25) is 16.6 Å². The van der Waals surface area contributed by atoms with Crippen molar-refractivity contribution in [3.05, 3.63) is 59.2 Å². The van der Waals surface area contributed by atoms with E-state index in [0.29, 0.717) is 76.7 Å². The maximum atomic E-state index is 17.9. The van der Waals surface area contributed by atoms with Crippen molar-refractivity contribution in [2.45, 2.75) is 159 Å². The first-order chi connectivity index (χ1) is 29.4. The molecule has 8 nitrogen and oxygen atoms in total. The number of fused-ring (bicyclic) bond motifs is 7. The molecule has 62 heavy (non-hydrogen) atoms. The zero-order chi connectivity index (χ0) is 44.0. The predicted molar refractivity (Wildman–Crippen MR) is 243 cm³/mol. The number of rotatable bonds is 7. The summed E-state index contributed by atoms with van der Waals surface area (Å²) >= 11 is 0. The van der Waals surface area contributed by atoms with Crippen molar-refractivity contribution in [3.63, 3.8) is 0 Å². The fourth-order valence-corrected chi connectivity index (χ4v) is 17.7. The van der Waals surface area contributed by atoms with E-state index >= 15 is 8.78 Å². The molecule has 6 heterocycles. The lowest BCUT2D eigenvalue weighted by atomic mass is 9.91. The molecule has 0 saturated carbocycles. The number of piperazine rings is 1. The highest BCUT2D eigenvalue weighted by Crippen LogP contribution is 2.48. The average molecular weight is 866 g/mol. The van der Waals surface area contributed by atoms with E-state index in [9.17, 15) is 9.18 Å². The van der Waals surface area contributed by atoms with E-state index in [-0.39, 0.29) is 47.9 Å². The number of carbonyl (C=O) groups is 1. The minimum atomic E-state index is -2.26. The van der Waals surface area contributed by atoms with E-state index in [1.54, 1.807) is 6.07 Å². The average Bonchev–Trinajstić information content (AvgIpc) is 3.81. The third-order valence-corrected chi connectivity index (χ3v) is 21.4. The SMILES string of the molecule is CC(C)[Si](C#Cc1c(F)ccc2cccc(-c3cc4c5c(nc(OC[C@@]67CCCN6C[C@H](F)C7)nc5c3F)N3C[C@H]5CC[C@@H]([C@H]3CC4)N5C(=O)OC(C)(C)C)c12)(C(C)C)C(C)C. The number of alkyl halides is 1. The van der Waals surface area contributed by atoms with E-state index in [4.69, 9.17) is 19.4 Å². The Morgan fingerprint density at radius 1 is 0.952 bits per heavy atom. The number of halogens is 3. The second kappa shape index (κ2) is 15.7. The van der Waals surface area contributed by atoms with E-state index in [1.807, 2.05) is 49.9 Å². The molecule has 0 N–H and O–H groups in total. The fraction of sp³-hybridized carbons (Fsp3) is 0.580. The molecule has 0 spiro atoms. The van der Waals surface area contributed by atoms with Gasteiger partial charge in [0, 0.05) is 35.8 Å². The number of ether oxygens (including phenoxy) is 2. The Bertz CT molecular complexity index is 2470. The summed E-state index contributed by atoms with van der Waals surface area (Å²) < 4.78 is 61.6. The number of hydrogen-bond donors (Lipinski definition) is 0. The highest BCUT2D eigenvalue weighted by molar-refractivity contribution is 6.90. The van der Waals surface area contributed by atoms with Gasteiger partial charge in [-0.05, 0) is 111 Å². The molecule has 1 amide bonds. The lowest BCUT2D eigenvalue weighted by molar-refractivity contribution is 0.00721. The van der Waals surface area contributed by atoms with Crippen molar-refractivity contribution in [2.75, 3.05) is 31.1 Å². The number of carbonyl (C=O) groups excluding carboxylic acids is 1. The van der Waals surface area contributed by atoms with Crippen LogP contribution in [0.1, 0.15) is 112 Å². The Morgan fingerprint density at radius 3 is 2.44 bits per heavy atom. The number of benzene rings is 3. The van der Waals surface area contributed by atoms with Crippen molar-refractivity contribution in [2.24, 2.45) is 0 Å². The van der Waals surface area contributed by atoms with Crippen molar-refractivity contribution in [1.29, 1.82) is 0 Å². The summed E-state index contributed by atoms with van der Waals surface area (Å²) in [4.78, 5) is 30.1. The van der Waals surface area contributed by atoms with Gasteiger partial charge in [0.05, 0.1) is 29.2 Å². The second-order valence-corrected chi connectivity index (χ2v) is 26.3. The summed E-state index contributed by atoms with van der Waals surface area (Å²) in [5.74, 6) is 3.03. The fourth-order valence-electron chi connectivity index (χ4n) is 12.5. The van der Waals surface area contributed by atoms with Crippen molar-refractivity contribution in [1.82, 2.24) is 19.8 Å². The number of aromatic nitrogens is 2. The standard InChI is InChI=1S/C50H62F3N5O3Si/c1-29(2)62(30(3)4,31(5)6)23-20-37-39(52)17-14-32-12-10-13-36(42(32)37)38-24-33-15-18-40-41-19-16-35(58(41)48(59)61-49(7,8)9)27-57(40)46-43(33)45(44(38)53)54-47(55-46)60-28-50-21-11-22-56(50)26-34(51)25-50/h10,12-14,17,24,29-31,34-35,40-41H,11,15-16,18-19,21-22,25-28H2,1-9H3/t34-,35-,40-,41+,50+/m1/s1. The van der Waals surface area contributed by atoms with Crippen LogP contribution in [0.15, 0.2) is 36.4 Å². The zero-order valence-electron chi connectivity index (χ0n) is 37.9. The van der Waals surface area contributed by atoms with Gasteiger partial charge in [-0.1, -0.05) is 71.7 Å². The van der Waals surface area contributed by atoms with Crippen molar-refractivity contribution in [3.8, 4) is 28.6 Å². The zero-order valence-corrected chi connectivity index (χ0v) is 38.9. The van der Waals surface area contributed by atoms with E-state index in [1.165, 1.54) is 6.07 Å². The lowest BCUT2D eigenvalue weighted by Crippen LogP contribution is -2.62. The molecule has 0 radical (unpaired) electrons. The second-order valence-electron chi connectivity index (χ2n) is 20.7. The lowest BCUT2D eigenvalue weighted by Gasteiger charge is -2.47. The molecule has 0 aliphatic carbocycles. The van der Waals surface area contributed by atoms with Crippen LogP contribution in [0.5, 0.6) is 6.01 Å².